The zero-order chi connectivity index (χ0) is 13.0. The third kappa shape index (κ3) is 3.05. The number of aliphatic carboxylic acids is 1. The van der Waals surface area contributed by atoms with Crippen LogP contribution in [0, 0.1) is 0 Å². The van der Waals surface area contributed by atoms with Crippen molar-refractivity contribution in [2.24, 2.45) is 0 Å². The van der Waals surface area contributed by atoms with Crippen LogP contribution in [-0.4, -0.2) is 40.7 Å². The van der Waals surface area contributed by atoms with Crippen molar-refractivity contribution in [2.45, 2.75) is 24.8 Å². The van der Waals surface area contributed by atoms with Crippen LogP contribution in [0.5, 0.6) is 0 Å². The predicted octanol–water partition coefficient (Wildman–Crippen LogP) is 0.897. The summed E-state index contributed by atoms with van der Waals surface area (Å²) < 4.78 is 5.22. The molecular formula is C11H14N2O4S. The lowest BCUT2D eigenvalue weighted by Crippen LogP contribution is -2.53. The van der Waals surface area contributed by atoms with Gasteiger partial charge < -0.3 is 15.2 Å². The second kappa shape index (κ2) is 5.45. The number of hydrogen-bond donors (Lipinski definition) is 2. The maximum Gasteiger partial charge on any atom is 0.305 e. The molecule has 18 heavy (non-hydrogen) atoms. The quantitative estimate of drug-likeness (QED) is 0.848. The van der Waals surface area contributed by atoms with Crippen LogP contribution < -0.4 is 5.32 Å². The Labute approximate surface area is 108 Å². The molecule has 1 aliphatic rings. The molecule has 0 unspecified atom stereocenters. The van der Waals surface area contributed by atoms with Crippen LogP contribution in [0.4, 0.5) is 0 Å². The van der Waals surface area contributed by atoms with Gasteiger partial charge in [-0.1, -0.05) is 0 Å². The number of amides is 1. The summed E-state index contributed by atoms with van der Waals surface area (Å²) in [5.74, 6) is -1.24. The highest BCUT2D eigenvalue weighted by molar-refractivity contribution is 7.07. The summed E-state index contributed by atoms with van der Waals surface area (Å²) in [6, 6.07) is 0. The Morgan fingerprint density at radius 1 is 1.50 bits per heavy atom. The molecule has 0 radical (unpaired) electrons. The van der Waals surface area contributed by atoms with Crippen molar-refractivity contribution in [3.05, 3.63) is 16.6 Å². The summed E-state index contributed by atoms with van der Waals surface area (Å²) >= 11 is 1.33. The number of nitrogens with one attached hydrogen (secondary N) is 1. The molecule has 0 aliphatic carbocycles. The molecule has 1 amide bonds. The molecule has 1 fully saturated rings. The van der Waals surface area contributed by atoms with Gasteiger partial charge in [-0.15, -0.1) is 11.3 Å². The zero-order valence-electron chi connectivity index (χ0n) is 9.72. The number of thiazole rings is 1. The van der Waals surface area contributed by atoms with E-state index in [0.717, 1.165) is 0 Å². The predicted molar refractivity (Wildman–Crippen MR) is 64.6 cm³/mol. The average Bonchev–Trinajstić information content (AvgIpc) is 2.82. The van der Waals surface area contributed by atoms with E-state index in [1.807, 2.05) is 0 Å². The topological polar surface area (TPSA) is 88.5 Å². The molecule has 1 aromatic rings. The lowest BCUT2D eigenvalue weighted by atomic mass is 9.86. The molecule has 1 aliphatic heterocycles. The van der Waals surface area contributed by atoms with Gasteiger partial charge in [-0.25, -0.2) is 4.98 Å². The fraction of sp³-hybridized carbons (Fsp3) is 0.545. The highest BCUT2D eigenvalue weighted by Gasteiger charge is 2.36. The fourth-order valence-electron chi connectivity index (χ4n) is 2.03. The third-order valence-electron chi connectivity index (χ3n) is 2.98. The van der Waals surface area contributed by atoms with E-state index in [4.69, 9.17) is 9.84 Å². The molecule has 2 N–H and O–H groups in total. The van der Waals surface area contributed by atoms with E-state index < -0.39 is 11.5 Å². The van der Waals surface area contributed by atoms with E-state index in [-0.39, 0.29) is 12.3 Å². The lowest BCUT2D eigenvalue weighted by molar-refractivity contribution is -0.139. The van der Waals surface area contributed by atoms with Gasteiger partial charge in [-0.3, -0.25) is 9.59 Å². The Bertz CT molecular complexity index is 426. The van der Waals surface area contributed by atoms with Gasteiger partial charge in [0, 0.05) is 18.6 Å². The van der Waals surface area contributed by atoms with Crippen molar-refractivity contribution in [3.8, 4) is 0 Å². The second-order valence-corrected chi connectivity index (χ2v) is 5.01. The maximum atomic E-state index is 12.0. The van der Waals surface area contributed by atoms with Gasteiger partial charge in [-0.2, -0.15) is 0 Å². The van der Waals surface area contributed by atoms with E-state index in [1.165, 1.54) is 11.3 Å². The van der Waals surface area contributed by atoms with Gasteiger partial charge in [0.25, 0.3) is 5.91 Å². The SMILES string of the molecule is O=C(O)CC1(NC(=O)c2cscn2)CCOCC1. The van der Waals surface area contributed by atoms with Gasteiger partial charge >= 0.3 is 5.97 Å². The lowest BCUT2D eigenvalue weighted by Gasteiger charge is -2.36. The Balaban J connectivity index is 2.09. The largest absolute Gasteiger partial charge is 0.481 e. The molecule has 98 valence electrons. The molecule has 0 atom stereocenters. The zero-order valence-corrected chi connectivity index (χ0v) is 10.5. The summed E-state index contributed by atoms with van der Waals surface area (Å²) in [6.07, 6.45) is 0.927. The number of rotatable bonds is 4. The van der Waals surface area contributed by atoms with Crippen molar-refractivity contribution in [2.75, 3.05) is 13.2 Å². The van der Waals surface area contributed by atoms with Crippen LogP contribution in [-0.2, 0) is 9.53 Å². The minimum absolute atomic E-state index is 0.0910. The average molecular weight is 270 g/mol. The minimum atomic E-state index is -0.921. The molecule has 0 aromatic carbocycles. The number of carboxylic acid groups (broad SMARTS) is 1. The normalized spacial score (nSPS) is 18.2. The first kappa shape index (κ1) is 13.0. The number of carbonyl (C=O) groups excluding carboxylic acids is 1. The number of nitrogens with zero attached hydrogens (tertiary/aromatic N) is 1. The van der Waals surface area contributed by atoms with Crippen molar-refractivity contribution < 1.29 is 19.4 Å². The molecule has 6 nitrogen and oxygen atoms in total. The van der Waals surface area contributed by atoms with E-state index in [2.05, 4.69) is 10.3 Å². The van der Waals surface area contributed by atoms with Crippen LogP contribution in [0.25, 0.3) is 0 Å². The maximum absolute atomic E-state index is 12.0. The third-order valence-corrected chi connectivity index (χ3v) is 3.57. The molecule has 2 heterocycles. The van der Waals surface area contributed by atoms with Crippen LogP contribution in [0.1, 0.15) is 29.8 Å². The van der Waals surface area contributed by atoms with Crippen LogP contribution in [0.2, 0.25) is 0 Å². The van der Waals surface area contributed by atoms with E-state index >= 15 is 0 Å². The summed E-state index contributed by atoms with van der Waals surface area (Å²) in [5.41, 5.74) is 1.18. The van der Waals surface area contributed by atoms with Crippen LogP contribution in [0.3, 0.4) is 0 Å². The number of ether oxygens (including phenoxy) is 1. The van der Waals surface area contributed by atoms with Crippen molar-refractivity contribution in [3.63, 3.8) is 0 Å². The van der Waals surface area contributed by atoms with Gasteiger partial charge in [-0.05, 0) is 12.8 Å². The van der Waals surface area contributed by atoms with Gasteiger partial charge in [0.15, 0.2) is 0 Å². The first-order chi connectivity index (χ1) is 8.61. The molecule has 1 aromatic heterocycles. The second-order valence-electron chi connectivity index (χ2n) is 4.29. The molecule has 0 bridgehead atoms. The van der Waals surface area contributed by atoms with Crippen molar-refractivity contribution in [1.29, 1.82) is 0 Å². The van der Waals surface area contributed by atoms with E-state index in [9.17, 15) is 9.59 Å². The molecule has 7 heteroatoms. The summed E-state index contributed by atoms with van der Waals surface area (Å²) in [7, 11) is 0. The Morgan fingerprint density at radius 2 is 2.22 bits per heavy atom. The first-order valence-corrected chi connectivity index (χ1v) is 6.56. The standard InChI is InChI=1S/C11H14N2O4S/c14-9(15)5-11(1-3-17-4-2-11)13-10(16)8-6-18-7-12-8/h6-7H,1-5H2,(H,13,16)(H,14,15). The first-order valence-electron chi connectivity index (χ1n) is 5.62. The van der Waals surface area contributed by atoms with Gasteiger partial charge in [0.05, 0.1) is 17.5 Å². The number of carbonyl (C=O) groups is 2. The Hall–Kier alpha value is -1.47. The van der Waals surface area contributed by atoms with Crippen molar-refractivity contribution in [1.82, 2.24) is 10.3 Å². The monoisotopic (exact) mass is 270 g/mol. The Kier molecular flexibility index (Phi) is 3.93. The van der Waals surface area contributed by atoms with Gasteiger partial charge in [0.1, 0.15) is 5.69 Å². The molecule has 0 spiro atoms. The summed E-state index contributed by atoms with van der Waals surface area (Å²) in [6.45, 7) is 0.926. The van der Waals surface area contributed by atoms with E-state index in [0.29, 0.717) is 31.7 Å². The number of carboxylic acids is 1. The highest BCUT2D eigenvalue weighted by atomic mass is 32.1. The number of hydrogen-bond acceptors (Lipinski definition) is 5. The van der Waals surface area contributed by atoms with Crippen molar-refractivity contribution >= 4 is 23.2 Å². The number of aromatic nitrogens is 1. The minimum Gasteiger partial charge on any atom is -0.481 e. The summed E-state index contributed by atoms with van der Waals surface area (Å²) in [4.78, 5) is 26.8. The molecule has 2 rings (SSSR count). The molecular weight excluding hydrogens is 256 g/mol. The Morgan fingerprint density at radius 3 is 2.78 bits per heavy atom. The van der Waals surface area contributed by atoms with E-state index in [1.54, 1.807) is 10.9 Å². The fourth-order valence-corrected chi connectivity index (χ4v) is 2.56. The smallest absolute Gasteiger partial charge is 0.305 e. The van der Waals surface area contributed by atoms with Crippen LogP contribution in [0.15, 0.2) is 10.9 Å². The van der Waals surface area contributed by atoms with Gasteiger partial charge in [0.2, 0.25) is 0 Å². The highest BCUT2D eigenvalue weighted by Crippen LogP contribution is 2.25. The van der Waals surface area contributed by atoms with Crippen LogP contribution >= 0.6 is 11.3 Å². The molecule has 0 saturated carbocycles. The molecule has 1 saturated heterocycles. The summed E-state index contributed by atoms with van der Waals surface area (Å²) in [5, 5.41) is 13.4.